The minimum Gasteiger partial charge on any atom is -0.493 e. The lowest BCUT2D eigenvalue weighted by molar-refractivity contribution is -0.111. The van der Waals surface area contributed by atoms with Crippen LogP contribution in [0, 0.1) is 0 Å². The molecule has 27 heavy (non-hydrogen) atoms. The molecule has 1 spiro atoms. The SMILES string of the molecule is COc1ccc(CN2CCOC3(CCOC3)C2)cc1OCc1ccccc1. The van der Waals surface area contributed by atoms with Crippen molar-refractivity contribution in [2.75, 3.05) is 40.0 Å². The van der Waals surface area contributed by atoms with Gasteiger partial charge >= 0.3 is 0 Å². The van der Waals surface area contributed by atoms with Crippen molar-refractivity contribution in [1.82, 2.24) is 4.90 Å². The van der Waals surface area contributed by atoms with E-state index < -0.39 is 0 Å². The quantitative estimate of drug-likeness (QED) is 0.782. The first-order valence-electron chi connectivity index (χ1n) is 9.54. The molecule has 1 atom stereocenters. The van der Waals surface area contributed by atoms with Crippen LogP contribution < -0.4 is 9.47 Å². The van der Waals surface area contributed by atoms with Crippen LogP contribution in [0.15, 0.2) is 48.5 Å². The second-order valence-electron chi connectivity index (χ2n) is 7.30. The van der Waals surface area contributed by atoms with Crippen LogP contribution in [-0.2, 0) is 22.6 Å². The van der Waals surface area contributed by atoms with E-state index in [0.29, 0.717) is 13.2 Å². The first kappa shape index (κ1) is 18.3. The highest BCUT2D eigenvalue weighted by atomic mass is 16.6. The van der Waals surface area contributed by atoms with E-state index >= 15 is 0 Å². The molecule has 0 aliphatic carbocycles. The maximum atomic E-state index is 6.05. The Hall–Kier alpha value is -2.08. The third-order valence-corrected chi connectivity index (χ3v) is 5.27. The number of morpholine rings is 1. The summed E-state index contributed by atoms with van der Waals surface area (Å²) in [6, 6.07) is 16.4. The van der Waals surface area contributed by atoms with E-state index in [1.807, 2.05) is 24.3 Å². The van der Waals surface area contributed by atoms with Crippen molar-refractivity contribution in [3.63, 3.8) is 0 Å². The molecule has 2 fully saturated rings. The molecule has 2 aliphatic rings. The number of hydrogen-bond donors (Lipinski definition) is 0. The van der Waals surface area contributed by atoms with E-state index in [1.165, 1.54) is 5.56 Å². The predicted molar refractivity (Wildman–Crippen MR) is 103 cm³/mol. The number of nitrogens with zero attached hydrogens (tertiary/aromatic N) is 1. The summed E-state index contributed by atoms with van der Waals surface area (Å²) in [5.41, 5.74) is 2.24. The monoisotopic (exact) mass is 369 g/mol. The van der Waals surface area contributed by atoms with Gasteiger partial charge in [0.25, 0.3) is 0 Å². The first-order chi connectivity index (χ1) is 13.3. The molecule has 0 N–H and O–H groups in total. The Kier molecular flexibility index (Phi) is 5.62. The number of ether oxygens (including phenoxy) is 4. The van der Waals surface area contributed by atoms with Crippen molar-refractivity contribution in [2.45, 2.75) is 25.2 Å². The van der Waals surface area contributed by atoms with Crippen LogP contribution in [0.4, 0.5) is 0 Å². The largest absolute Gasteiger partial charge is 0.493 e. The molecular weight excluding hydrogens is 342 g/mol. The fourth-order valence-corrected chi connectivity index (χ4v) is 3.81. The maximum absolute atomic E-state index is 6.05. The zero-order valence-corrected chi connectivity index (χ0v) is 15.9. The van der Waals surface area contributed by atoms with E-state index in [2.05, 4.69) is 29.2 Å². The van der Waals surface area contributed by atoms with Crippen LogP contribution in [-0.4, -0.2) is 50.5 Å². The molecule has 0 bridgehead atoms. The average Bonchev–Trinajstić information content (AvgIpc) is 3.15. The van der Waals surface area contributed by atoms with Crippen molar-refractivity contribution in [2.24, 2.45) is 0 Å². The lowest BCUT2D eigenvalue weighted by Gasteiger charge is -2.39. The lowest BCUT2D eigenvalue weighted by atomic mass is 10.0. The minimum atomic E-state index is -0.114. The average molecular weight is 369 g/mol. The summed E-state index contributed by atoms with van der Waals surface area (Å²) in [7, 11) is 1.68. The Bertz CT molecular complexity index is 743. The van der Waals surface area contributed by atoms with Crippen molar-refractivity contribution in [3.8, 4) is 11.5 Å². The summed E-state index contributed by atoms with van der Waals surface area (Å²) in [5.74, 6) is 1.54. The van der Waals surface area contributed by atoms with Crippen LogP contribution in [0.25, 0.3) is 0 Å². The van der Waals surface area contributed by atoms with Crippen LogP contribution in [0.5, 0.6) is 11.5 Å². The highest BCUT2D eigenvalue weighted by Crippen LogP contribution is 2.31. The van der Waals surface area contributed by atoms with Gasteiger partial charge in [-0.15, -0.1) is 0 Å². The number of hydrogen-bond acceptors (Lipinski definition) is 5. The fraction of sp³-hybridized carbons (Fsp3) is 0.455. The fourth-order valence-electron chi connectivity index (χ4n) is 3.81. The van der Waals surface area contributed by atoms with Gasteiger partial charge in [-0.05, 0) is 23.3 Å². The smallest absolute Gasteiger partial charge is 0.161 e. The van der Waals surface area contributed by atoms with Gasteiger partial charge in [0.1, 0.15) is 12.2 Å². The van der Waals surface area contributed by atoms with E-state index in [1.54, 1.807) is 7.11 Å². The van der Waals surface area contributed by atoms with Crippen molar-refractivity contribution in [3.05, 3.63) is 59.7 Å². The van der Waals surface area contributed by atoms with Crippen molar-refractivity contribution >= 4 is 0 Å². The van der Waals surface area contributed by atoms with Crippen LogP contribution in [0.1, 0.15) is 17.5 Å². The van der Waals surface area contributed by atoms with Gasteiger partial charge in [0.15, 0.2) is 11.5 Å². The normalized spacial score (nSPS) is 22.9. The molecule has 0 radical (unpaired) electrons. The number of benzene rings is 2. The highest BCUT2D eigenvalue weighted by Gasteiger charge is 2.40. The Balaban J connectivity index is 1.43. The van der Waals surface area contributed by atoms with Gasteiger partial charge in [0.05, 0.1) is 20.3 Å². The second-order valence-corrected chi connectivity index (χ2v) is 7.30. The minimum absolute atomic E-state index is 0.114. The molecule has 0 aromatic heterocycles. The Morgan fingerprint density at radius 1 is 1.04 bits per heavy atom. The summed E-state index contributed by atoms with van der Waals surface area (Å²) < 4.78 is 23.1. The van der Waals surface area contributed by atoms with Gasteiger partial charge < -0.3 is 18.9 Å². The number of methoxy groups -OCH3 is 1. The van der Waals surface area contributed by atoms with Crippen molar-refractivity contribution < 1.29 is 18.9 Å². The molecule has 2 aromatic carbocycles. The molecule has 144 valence electrons. The molecule has 5 nitrogen and oxygen atoms in total. The second kappa shape index (κ2) is 8.30. The zero-order chi connectivity index (χ0) is 18.5. The summed E-state index contributed by atoms with van der Waals surface area (Å²) in [4.78, 5) is 2.45. The zero-order valence-electron chi connectivity index (χ0n) is 15.9. The van der Waals surface area contributed by atoms with Gasteiger partial charge in [-0.1, -0.05) is 36.4 Å². The van der Waals surface area contributed by atoms with Crippen LogP contribution in [0.3, 0.4) is 0 Å². The predicted octanol–water partition coefficient (Wildman–Crippen LogP) is 3.27. The maximum Gasteiger partial charge on any atom is 0.161 e. The molecule has 4 rings (SSSR count). The van der Waals surface area contributed by atoms with E-state index in [4.69, 9.17) is 18.9 Å². The number of rotatable bonds is 6. The van der Waals surface area contributed by atoms with Gasteiger partial charge in [0, 0.05) is 32.7 Å². The highest BCUT2D eigenvalue weighted by molar-refractivity contribution is 5.43. The van der Waals surface area contributed by atoms with Gasteiger partial charge in [-0.2, -0.15) is 0 Å². The van der Waals surface area contributed by atoms with E-state index in [-0.39, 0.29) is 5.60 Å². The first-order valence-corrected chi connectivity index (χ1v) is 9.54. The third-order valence-electron chi connectivity index (χ3n) is 5.27. The molecule has 1 unspecified atom stereocenters. The molecule has 2 aliphatic heterocycles. The Morgan fingerprint density at radius 2 is 1.93 bits per heavy atom. The molecule has 0 saturated carbocycles. The van der Waals surface area contributed by atoms with Crippen LogP contribution in [0.2, 0.25) is 0 Å². The summed E-state index contributed by atoms with van der Waals surface area (Å²) in [5, 5.41) is 0. The topological polar surface area (TPSA) is 40.2 Å². The Morgan fingerprint density at radius 3 is 2.70 bits per heavy atom. The van der Waals surface area contributed by atoms with Crippen LogP contribution >= 0.6 is 0 Å². The third kappa shape index (κ3) is 4.43. The summed E-state index contributed by atoms with van der Waals surface area (Å²) in [6.45, 7) is 5.52. The molecule has 2 aromatic rings. The molecule has 2 saturated heterocycles. The molecule has 5 heteroatoms. The molecule has 2 heterocycles. The summed E-state index contributed by atoms with van der Waals surface area (Å²) in [6.07, 6.45) is 0.984. The van der Waals surface area contributed by atoms with Crippen molar-refractivity contribution in [1.29, 1.82) is 0 Å². The molecule has 0 amide bonds. The molecular formula is C22H27NO4. The van der Waals surface area contributed by atoms with E-state index in [0.717, 1.165) is 56.3 Å². The van der Waals surface area contributed by atoms with Gasteiger partial charge in [0.2, 0.25) is 0 Å². The lowest BCUT2D eigenvalue weighted by Crippen LogP contribution is -2.51. The van der Waals surface area contributed by atoms with Gasteiger partial charge in [-0.25, -0.2) is 0 Å². The standard InChI is InChI=1S/C22H27NO4/c1-24-20-8-7-19(13-21(20)26-15-18-5-3-2-4-6-18)14-23-10-12-27-22(16-23)9-11-25-17-22/h2-8,13H,9-12,14-17H2,1H3. The van der Waals surface area contributed by atoms with E-state index in [9.17, 15) is 0 Å². The summed E-state index contributed by atoms with van der Waals surface area (Å²) >= 11 is 0. The van der Waals surface area contributed by atoms with Gasteiger partial charge in [-0.3, -0.25) is 4.90 Å². The Labute approximate surface area is 160 Å².